The second-order valence-corrected chi connectivity index (χ2v) is 14.8. The van der Waals surface area contributed by atoms with E-state index in [2.05, 4.69) is 138 Å². The molecular weight excluding hydrogens is 723 g/mol. The molecule has 0 radical (unpaired) electrons. The van der Waals surface area contributed by atoms with Crippen LogP contribution in [0.5, 0.6) is 0 Å². The molecule has 59 heavy (non-hydrogen) atoms. The quantitative estimate of drug-likeness (QED) is 0.145. The van der Waals surface area contributed by atoms with E-state index in [0.29, 0.717) is 11.1 Å². The van der Waals surface area contributed by atoms with E-state index in [0.717, 1.165) is 94.3 Å². The van der Waals surface area contributed by atoms with Crippen LogP contribution in [0, 0.1) is 0 Å². The van der Waals surface area contributed by atoms with E-state index >= 15 is 0 Å². The number of fused-ring (bicyclic) bond motifs is 6. The molecule has 4 heteroatoms. The fraction of sp³-hybridized carbons (Fsp3) is 0. The van der Waals surface area contributed by atoms with E-state index in [9.17, 15) is 4.79 Å². The summed E-state index contributed by atoms with van der Waals surface area (Å²) in [7, 11) is 0. The predicted molar refractivity (Wildman–Crippen MR) is 242 cm³/mol. The number of carbonyl (C=O) groups is 1. The highest BCUT2D eigenvalue weighted by Crippen LogP contribution is 2.41. The van der Waals surface area contributed by atoms with E-state index in [1.165, 1.54) is 0 Å². The second kappa shape index (κ2) is 14.2. The third-order valence-corrected chi connectivity index (χ3v) is 11.3. The van der Waals surface area contributed by atoms with Gasteiger partial charge in [0.15, 0.2) is 5.78 Å². The maximum absolute atomic E-state index is 13.1. The molecule has 9 aromatic carbocycles. The van der Waals surface area contributed by atoms with E-state index in [-0.39, 0.29) is 5.78 Å². The van der Waals surface area contributed by atoms with Gasteiger partial charge in [-0.15, -0.1) is 0 Å². The van der Waals surface area contributed by atoms with Crippen LogP contribution in [0.25, 0.3) is 77.3 Å². The molecule has 2 aromatic heterocycles. The van der Waals surface area contributed by atoms with Crippen molar-refractivity contribution < 1.29 is 13.6 Å². The number of nitrogens with zero attached hydrogens (tertiary/aromatic N) is 1. The van der Waals surface area contributed by atoms with Gasteiger partial charge in [0.2, 0.25) is 0 Å². The first-order valence-electron chi connectivity index (χ1n) is 19.8. The Hall–Kier alpha value is -7.95. The zero-order chi connectivity index (χ0) is 39.3. The fourth-order valence-corrected chi connectivity index (χ4v) is 8.32. The Morgan fingerprint density at radius 3 is 1.59 bits per heavy atom. The average molecular weight is 758 g/mol. The first-order valence-corrected chi connectivity index (χ1v) is 19.8. The van der Waals surface area contributed by atoms with Crippen LogP contribution < -0.4 is 4.90 Å². The molecule has 0 aliphatic rings. The second-order valence-electron chi connectivity index (χ2n) is 14.8. The van der Waals surface area contributed by atoms with Crippen molar-refractivity contribution in [3.63, 3.8) is 0 Å². The highest BCUT2D eigenvalue weighted by molar-refractivity contribution is 6.10. The summed E-state index contributed by atoms with van der Waals surface area (Å²) in [6.45, 7) is 0. The summed E-state index contributed by atoms with van der Waals surface area (Å²) in [4.78, 5) is 15.4. The fourth-order valence-electron chi connectivity index (χ4n) is 8.32. The van der Waals surface area contributed by atoms with Crippen molar-refractivity contribution >= 4 is 66.7 Å². The predicted octanol–water partition coefficient (Wildman–Crippen LogP) is 15.2. The van der Waals surface area contributed by atoms with Gasteiger partial charge in [-0.05, 0) is 88.5 Å². The van der Waals surface area contributed by atoms with Crippen molar-refractivity contribution in [2.45, 2.75) is 0 Å². The Morgan fingerprint density at radius 1 is 0.339 bits per heavy atom. The van der Waals surface area contributed by atoms with Gasteiger partial charge in [0, 0.05) is 55.3 Å². The smallest absolute Gasteiger partial charge is 0.193 e. The normalized spacial score (nSPS) is 11.5. The van der Waals surface area contributed by atoms with Gasteiger partial charge < -0.3 is 13.7 Å². The summed E-state index contributed by atoms with van der Waals surface area (Å²) < 4.78 is 12.6. The molecule has 0 fully saturated rings. The third-order valence-electron chi connectivity index (χ3n) is 11.3. The molecule has 0 saturated heterocycles. The van der Waals surface area contributed by atoms with E-state index in [1.54, 1.807) is 0 Å². The monoisotopic (exact) mass is 757 g/mol. The Kier molecular flexibility index (Phi) is 8.26. The number of anilines is 3. The molecule has 0 atom stereocenters. The summed E-state index contributed by atoms with van der Waals surface area (Å²) in [6, 6.07) is 72.5. The van der Waals surface area contributed by atoms with Crippen molar-refractivity contribution in [1.82, 2.24) is 0 Å². The summed E-state index contributed by atoms with van der Waals surface area (Å²) in [5.74, 6) is 0.0173. The number of rotatable bonds is 8. The minimum Gasteiger partial charge on any atom is -0.456 e. The average Bonchev–Trinajstić information content (AvgIpc) is 3.88. The molecule has 0 aliphatic carbocycles. The summed E-state index contributed by atoms with van der Waals surface area (Å²) in [6.07, 6.45) is 0. The number of ketones is 1. The van der Waals surface area contributed by atoms with Gasteiger partial charge in [-0.25, -0.2) is 0 Å². The molecule has 0 bridgehead atoms. The van der Waals surface area contributed by atoms with Crippen molar-refractivity contribution in [3.8, 4) is 33.4 Å². The zero-order valence-corrected chi connectivity index (χ0v) is 31.9. The number of furan rings is 2. The zero-order valence-electron chi connectivity index (χ0n) is 31.9. The van der Waals surface area contributed by atoms with Crippen molar-refractivity contribution in [2.75, 3.05) is 4.90 Å². The molecule has 11 aromatic rings. The summed E-state index contributed by atoms with van der Waals surface area (Å²) >= 11 is 0. The lowest BCUT2D eigenvalue weighted by Crippen LogP contribution is -2.10. The minimum atomic E-state index is 0.0173. The number of para-hydroxylation sites is 3. The van der Waals surface area contributed by atoms with Crippen molar-refractivity contribution in [3.05, 3.63) is 223 Å². The lowest BCUT2D eigenvalue weighted by atomic mass is 9.99. The SMILES string of the molecule is O=C(c1ccccc1)c1ccc(-c2ccc(N(c3ccc(-c4cccc5c4oc4ccccc45)cc3)c3cccc(-c4ccc5oc6ccccc6c5c4)c3)cc2)cc1. The molecule has 0 N–H and O–H groups in total. The minimum absolute atomic E-state index is 0.0173. The van der Waals surface area contributed by atoms with Crippen LogP contribution in [0.2, 0.25) is 0 Å². The van der Waals surface area contributed by atoms with Crippen LogP contribution in [0.15, 0.2) is 221 Å². The highest BCUT2D eigenvalue weighted by Gasteiger charge is 2.17. The Morgan fingerprint density at radius 2 is 0.864 bits per heavy atom. The molecule has 0 amide bonds. The number of benzene rings is 9. The molecule has 278 valence electrons. The van der Waals surface area contributed by atoms with Gasteiger partial charge >= 0.3 is 0 Å². The number of hydrogen-bond donors (Lipinski definition) is 0. The van der Waals surface area contributed by atoms with Crippen LogP contribution in [0.3, 0.4) is 0 Å². The van der Waals surface area contributed by atoms with E-state index in [1.807, 2.05) is 78.9 Å². The molecule has 2 heterocycles. The highest BCUT2D eigenvalue weighted by atomic mass is 16.3. The maximum Gasteiger partial charge on any atom is 0.193 e. The number of hydrogen-bond acceptors (Lipinski definition) is 4. The van der Waals surface area contributed by atoms with Gasteiger partial charge in [-0.1, -0.05) is 152 Å². The van der Waals surface area contributed by atoms with Crippen LogP contribution in [0.1, 0.15) is 15.9 Å². The largest absolute Gasteiger partial charge is 0.456 e. The summed E-state index contributed by atoms with van der Waals surface area (Å²) in [5, 5.41) is 4.44. The van der Waals surface area contributed by atoms with Crippen LogP contribution in [-0.2, 0) is 0 Å². The van der Waals surface area contributed by atoms with Gasteiger partial charge in [0.1, 0.15) is 22.3 Å². The molecule has 0 saturated carbocycles. The Bertz CT molecular complexity index is 3320. The van der Waals surface area contributed by atoms with Gasteiger partial charge in [0.25, 0.3) is 0 Å². The molecule has 0 spiro atoms. The molecule has 4 nitrogen and oxygen atoms in total. The molecule has 0 unspecified atom stereocenters. The molecule has 11 rings (SSSR count). The molecular formula is C55H35NO3. The Balaban J connectivity index is 0.974. The van der Waals surface area contributed by atoms with Gasteiger partial charge in [-0.2, -0.15) is 0 Å². The van der Waals surface area contributed by atoms with E-state index in [4.69, 9.17) is 8.83 Å². The lowest BCUT2D eigenvalue weighted by Gasteiger charge is -2.26. The Labute approximate surface area is 340 Å². The topological polar surface area (TPSA) is 46.6 Å². The molecule has 0 aliphatic heterocycles. The maximum atomic E-state index is 13.1. The van der Waals surface area contributed by atoms with Crippen LogP contribution >= 0.6 is 0 Å². The van der Waals surface area contributed by atoms with Crippen molar-refractivity contribution in [1.29, 1.82) is 0 Å². The van der Waals surface area contributed by atoms with Gasteiger partial charge in [-0.3, -0.25) is 4.79 Å². The van der Waals surface area contributed by atoms with Gasteiger partial charge in [0.05, 0.1) is 0 Å². The van der Waals surface area contributed by atoms with E-state index < -0.39 is 0 Å². The van der Waals surface area contributed by atoms with Crippen molar-refractivity contribution in [2.24, 2.45) is 0 Å². The first kappa shape index (κ1) is 34.3. The van der Waals surface area contributed by atoms with Crippen LogP contribution in [-0.4, -0.2) is 5.78 Å². The standard InChI is InChI=1S/C55H35NO3/c57-54(39-10-2-1-3-11-39)40-22-20-36(21-23-40)37-24-29-43(30-25-37)56(44-31-26-38(27-32-44)46-16-9-17-49-47-14-4-7-19-52(47)59-55(46)49)45-13-8-12-41(34-45)42-28-33-53-50(35-42)48-15-5-6-18-51(48)58-53/h1-35H. The summed E-state index contributed by atoms with van der Waals surface area (Å²) in [5.41, 5.74) is 14.4. The van der Waals surface area contributed by atoms with Crippen LogP contribution in [0.4, 0.5) is 17.1 Å². The number of carbonyl (C=O) groups excluding carboxylic acids is 1. The first-order chi connectivity index (χ1) is 29.1. The third kappa shape index (κ3) is 6.15. The lowest BCUT2D eigenvalue weighted by molar-refractivity contribution is 0.103.